The van der Waals surface area contributed by atoms with Gasteiger partial charge in [0, 0.05) is 6.54 Å². The first-order chi connectivity index (χ1) is 12.2. The van der Waals surface area contributed by atoms with E-state index in [1.54, 1.807) is 13.8 Å². The Morgan fingerprint density at radius 3 is 2.23 bits per heavy atom. The highest BCUT2D eigenvalue weighted by atomic mass is 31.2. The van der Waals surface area contributed by atoms with Crippen molar-refractivity contribution in [2.45, 2.75) is 58.9 Å². The largest absolute Gasteiger partial charge is 0.340 e. The van der Waals surface area contributed by atoms with E-state index in [-0.39, 0.29) is 36.7 Å². The molecule has 0 aromatic heterocycles. The molecule has 6 heteroatoms. The van der Waals surface area contributed by atoms with E-state index in [0.717, 1.165) is 18.4 Å². The lowest BCUT2D eigenvalue weighted by Gasteiger charge is -2.27. The minimum absolute atomic E-state index is 0.0354. The number of hydrogen-bond acceptors (Lipinski definition) is 4. The van der Waals surface area contributed by atoms with Crippen molar-refractivity contribution in [3.05, 3.63) is 35.4 Å². The van der Waals surface area contributed by atoms with Crippen LogP contribution in [0.25, 0.3) is 0 Å². The average molecular weight is 381 g/mol. The van der Waals surface area contributed by atoms with E-state index in [1.807, 2.05) is 4.90 Å². The van der Waals surface area contributed by atoms with Gasteiger partial charge in [0.05, 0.1) is 19.3 Å². The molecular formula is C20H32NO4P. The summed E-state index contributed by atoms with van der Waals surface area (Å²) in [6.07, 6.45) is 1.68. The van der Waals surface area contributed by atoms with Gasteiger partial charge in [-0.05, 0) is 43.2 Å². The molecule has 146 valence electrons. The minimum Gasteiger partial charge on any atom is -0.335 e. The Morgan fingerprint density at radius 2 is 1.73 bits per heavy atom. The van der Waals surface area contributed by atoms with Gasteiger partial charge >= 0.3 is 7.60 Å². The molecule has 26 heavy (non-hydrogen) atoms. The lowest BCUT2D eigenvalue weighted by Crippen LogP contribution is -2.33. The molecule has 2 rings (SSSR count). The second-order valence-corrected chi connectivity index (χ2v) is 9.78. The van der Waals surface area contributed by atoms with E-state index in [0.29, 0.717) is 6.54 Å². The van der Waals surface area contributed by atoms with Crippen molar-refractivity contribution >= 4 is 13.5 Å². The molecule has 0 bridgehead atoms. The predicted octanol–water partition coefficient (Wildman–Crippen LogP) is 4.91. The molecule has 1 heterocycles. The van der Waals surface area contributed by atoms with Gasteiger partial charge in [0.1, 0.15) is 6.16 Å². The standard InChI is InChI=1S/C20H32NO4P/c1-6-24-26(23,25-7-2)15-19(22)21-14-8-9-18(21)16-10-12-17(13-11-16)20(3,4)5/h10-13,18H,6-9,14-15H2,1-5H3. The van der Waals surface area contributed by atoms with Crippen LogP contribution >= 0.6 is 7.60 Å². The molecule has 1 aliphatic rings. The topological polar surface area (TPSA) is 55.8 Å². The number of amides is 1. The number of rotatable bonds is 7. The highest BCUT2D eigenvalue weighted by Gasteiger charge is 2.35. The molecule has 0 saturated carbocycles. The van der Waals surface area contributed by atoms with Gasteiger partial charge in [-0.1, -0.05) is 45.0 Å². The van der Waals surface area contributed by atoms with Crippen LogP contribution in [0.2, 0.25) is 0 Å². The van der Waals surface area contributed by atoms with Crippen molar-refractivity contribution in [1.29, 1.82) is 0 Å². The molecule has 5 nitrogen and oxygen atoms in total. The Bertz CT molecular complexity index is 641. The van der Waals surface area contributed by atoms with Gasteiger partial charge in [0.2, 0.25) is 5.91 Å². The summed E-state index contributed by atoms with van der Waals surface area (Å²) in [5.74, 6) is -0.155. The summed E-state index contributed by atoms with van der Waals surface area (Å²) in [5.41, 5.74) is 2.51. The zero-order valence-corrected chi connectivity index (χ0v) is 17.6. The molecule has 0 radical (unpaired) electrons. The number of hydrogen-bond donors (Lipinski definition) is 0. The van der Waals surface area contributed by atoms with Gasteiger partial charge < -0.3 is 13.9 Å². The van der Waals surface area contributed by atoms with Gasteiger partial charge in [-0.3, -0.25) is 9.36 Å². The highest BCUT2D eigenvalue weighted by molar-refractivity contribution is 7.54. The van der Waals surface area contributed by atoms with Crippen molar-refractivity contribution < 1.29 is 18.4 Å². The third kappa shape index (κ3) is 5.18. The van der Waals surface area contributed by atoms with Crippen LogP contribution in [0.5, 0.6) is 0 Å². The molecule has 1 aliphatic heterocycles. The fourth-order valence-electron chi connectivity index (χ4n) is 3.40. The van der Waals surface area contributed by atoms with Crippen LogP contribution in [0.4, 0.5) is 0 Å². The first-order valence-corrected chi connectivity index (χ1v) is 11.2. The van der Waals surface area contributed by atoms with Crippen molar-refractivity contribution in [2.75, 3.05) is 25.9 Å². The number of nitrogens with zero attached hydrogens (tertiary/aromatic N) is 1. The Morgan fingerprint density at radius 1 is 1.15 bits per heavy atom. The minimum atomic E-state index is -3.37. The van der Waals surface area contributed by atoms with Crippen molar-refractivity contribution in [3.8, 4) is 0 Å². The number of likely N-dealkylation sites (tertiary alicyclic amines) is 1. The molecule has 1 aromatic carbocycles. The van der Waals surface area contributed by atoms with E-state index in [9.17, 15) is 9.36 Å². The molecule has 0 aliphatic carbocycles. The maximum absolute atomic E-state index is 12.8. The number of carbonyl (C=O) groups excluding carboxylic acids is 1. The summed E-state index contributed by atoms with van der Waals surface area (Å²) in [6, 6.07) is 8.54. The summed E-state index contributed by atoms with van der Waals surface area (Å²) in [5, 5.41) is 0. The normalized spacial score (nSPS) is 18.3. The SMILES string of the molecule is CCOP(=O)(CC(=O)N1CCCC1c1ccc(C(C)(C)C)cc1)OCC. The van der Waals surface area contributed by atoms with Crippen molar-refractivity contribution in [2.24, 2.45) is 0 Å². The summed E-state index contributed by atoms with van der Waals surface area (Å²) in [4.78, 5) is 14.6. The maximum atomic E-state index is 12.8. The van der Waals surface area contributed by atoms with Crippen LogP contribution in [0.3, 0.4) is 0 Å². The van der Waals surface area contributed by atoms with Crippen LogP contribution in [-0.2, 0) is 23.8 Å². The van der Waals surface area contributed by atoms with E-state index in [1.165, 1.54) is 5.56 Å². The molecule has 1 saturated heterocycles. The third-order valence-electron chi connectivity index (χ3n) is 4.72. The molecule has 0 spiro atoms. The Balaban J connectivity index is 2.14. The Hall–Kier alpha value is -1.16. The molecule has 1 unspecified atom stereocenters. The van der Waals surface area contributed by atoms with Gasteiger partial charge in [-0.2, -0.15) is 0 Å². The Kier molecular flexibility index (Phi) is 7.06. The second kappa shape index (κ2) is 8.69. The van der Waals surface area contributed by atoms with Crippen molar-refractivity contribution in [3.63, 3.8) is 0 Å². The van der Waals surface area contributed by atoms with E-state index in [4.69, 9.17) is 9.05 Å². The van der Waals surface area contributed by atoms with Crippen LogP contribution in [-0.4, -0.2) is 36.7 Å². The van der Waals surface area contributed by atoms with Gasteiger partial charge in [-0.25, -0.2) is 0 Å². The van der Waals surface area contributed by atoms with E-state index >= 15 is 0 Å². The van der Waals surface area contributed by atoms with Gasteiger partial charge in [-0.15, -0.1) is 0 Å². The molecule has 1 amide bonds. The molecule has 1 aromatic rings. The van der Waals surface area contributed by atoms with Crippen LogP contribution in [0, 0.1) is 0 Å². The van der Waals surface area contributed by atoms with Gasteiger partial charge in [0.25, 0.3) is 0 Å². The third-order valence-corrected chi connectivity index (χ3v) is 6.68. The smallest absolute Gasteiger partial charge is 0.335 e. The molecule has 1 fully saturated rings. The summed E-state index contributed by atoms with van der Waals surface area (Å²) in [7, 11) is -3.37. The molecule has 0 N–H and O–H groups in total. The first-order valence-electron chi connectivity index (χ1n) is 9.48. The number of benzene rings is 1. The second-order valence-electron chi connectivity index (χ2n) is 7.72. The fraction of sp³-hybridized carbons (Fsp3) is 0.650. The maximum Gasteiger partial charge on any atom is 0.340 e. The van der Waals surface area contributed by atoms with Gasteiger partial charge in [0.15, 0.2) is 0 Å². The molecular weight excluding hydrogens is 349 g/mol. The van der Waals surface area contributed by atoms with Crippen LogP contribution in [0.1, 0.15) is 64.6 Å². The monoisotopic (exact) mass is 381 g/mol. The lowest BCUT2D eigenvalue weighted by molar-refractivity contribution is -0.129. The predicted molar refractivity (Wildman–Crippen MR) is 105 cm³/mol. The Labute approximate surface area is 157 Å². The van der Waals surface area contributed by atoms with Crippen molar-refractivity contribution in [1.82, 2.24) is 4.90 Å². The van der Waals surface area contributed by atoms with Crippen LogP contribution < -0.4 is 0 Å². The average Bonchev–Trinajstić information content (AvgIpc) is 3.04. The van der Waals surface area contributed by atoms with E-state index in [2.05, 4.69) is 45.0 Å². The summed E-state index contributed by atoms with van der Waals surface area (Å²) >= 11 is 0. The zero-order chi connectivity index (χ0) is 19.4. The summed E-state index contributed by atoms with van der Waals surface area (Å²) < 4.78 is 23.2. The summed E-state index contributed by atoms with van der Waals surface area (Å²) in [6.45, 7) is 11.3. The highest BCUT2D eigenvalue weighted by Crippen LogP contribution is 2.48. The lowest BCUT2D eigenvalue weighted by atomic mass is 9.86. The zero-order valence-electron chi connectivity index (χ0n) is 16.7. The number of carbonyl (C=O) groups is 1. The van der Waals surface area contributed by atoms with E-state index < -0.39 is 7.60 Å². The van der Waals surface area contributed by atoms with Crippen LogP contribution in [0.15, 0.2) is 24.3 Å². The molecule has 1 atom stereocenters. The quantitative estimate of drug-likeness (QED) is 0.630. The fourth-order valence-corrected chi connectivity index (χ4v) is 4.95. The first kappa shape index (κ1) is 21.1.